The van der Waals surface area contributed by atoms with Gasteiger partial charge in [-0.1, -0.05) is 0 Å². The van der Waals surface area contributed by atoms with Crippen LogP contribution < -0.4 is 40.4 Å². The van der Waals surface area contributed by atoms with Gasteiger partial charge in [0, 0.05) is 11.3 Å². The van der Waals surface area contributed by atoms with E-state index >= 15 is 0 Å². The van der Waals surface area contributed by atoms with Gasteiger partial charge in [-0.25, -0.2) is 4.79 Å². The fraction of sp³-hybridized carbons (Fsp3) is 0.444. The van der Waals surface area contributed by atoms with Crippen LogP contribution >= 0.6 is 11.8 Å². The number of ether oxygens (including phenoxy) is 1. The molecule has 2 heterocycles. The van der Waals surface area contributed by atoms with Gasteiger partial charge in [-0.05, 0) is 0 Å². The average Bonchev–Trinajstić information content (AvgIpc) is 2.24. The summed E-state index contributed by atoms with van der Waals surface area (Å²) in [5, 5.41) is 10.9. The first-order valence-electron chi connectivity index (χ1n) is 4.80. The summed E-state index contributed by atoms with van der Waals surface area (Å²) >= 11 is 1.42. The number of thioether (sulfide) groups is 1. The molecule has 0 aromatic rings. The summed E-state index contributed by atoms with van der Waals surface area (Å²) in [7, 11) is 0. The Morgan fingerprint density at radius 2 is 2.22 bits per heavy atom. The summed E-state index contributed by atoms with van der Waals surface area (Å²) in [5.41, 5.74) is 4.94. The van der Waals surface area contributed by atoms with Crippen molar-refractivity contribution in [2.24, 2.45) is 5.73 Å². The minimum atomic E-state index is -1.44. The number of fused-ring (bicyclic) bond motifs is 1. The number of carbonyl (C=O) groups is 3. The molecule has 7 nitrogen and oxygen atoms in total. The van der Waals surface area contributed by atoms with E-state index < -0.39 is 12.1 Å². The molecule has 1 atom stereocenters. The minimum Gasteiger partial charge on any atom is -0.543 e. The molecule has 2 N–H and O–H groups in total. The summed E-state index contributed by atoms with van der Waals surface area (Å²) in [6.07, 6.45) is -0.664. The molecule has 2 aliphatic rings. The van der Waals surface area contributed by atoms with Crippen LogP contribution in [0.2, 0.25) is 0 Å². The van der Waals surface area contributed by atoms with Gasteiger partial charge in [0.1, 0.15) is 6.61 Å². The Bertz CT molecular complexity index is 439. The summed E-state index contributed by atoms with van der Waals surface area (Å²) in [5.74, 6) is -1.32. The maximum Gasteiger partial charge on any atom is 1.00 e. The van der Waals surface area contributed by atoms with Gasteiger partial charge in [0.15, 0.2) is 0 Å². The van der Waals surface area contributed by atoms with Crippen molar-refractivity contribution in [1.29, 1.82) is 0 Å². The number of aliphatic carboxylic acids is 1. The molecule has 92 valence electrons. The summed E-state index contributed by atoms with van der Waals surface area (Å²) in [6.45, 7) is -0.234. The van der Waals surface area contributed by atoms with E-state index in [4.69, 9.17) is 5.73 Å². The second kappa shape index (κ2) is 5.96. The summed E-state index contributed by atoms with van der Waals surface area (Å²) < 4.78 is 4.54. The van der Waals surface area contributed by atoms with Crippen LogP contribution in [0.3, 0.4) is 0 Å². The number of hydrogen-bond acceptors (Lipinski definition) is 6. The Balaban J connectivity index is 0.00000162. The number of carboxylic acid groups (broad SMARTS) is 1. The van der Waals surface area contributed by atoms with E-state index in [-0.39, 0.29) is 53.1 Å². The third kappa shape index (κ3) is 2.82. The molecule has 1 unspecified atom stereocenters. The third-order valence-corrected chi connectivity index (χ3v) is 3.79. The quantitative estimate of drug-likeness (QED) is 0.411. The molecule has 0 aromatic carbocycles. The average molecular weight is 280 g/mol. The van der Waals surface area contributed by atoms with E-state index in [0.29, 0.717) is 17.7 Å². The van der Waals surface area contributed by atoms with Gasteiger partial charge >= 0.3 is 35.7 Å². The molecule has 18 heavy (non-hydrogen) atoms. The number of nitrogens with zero attached hydrogens (tertiary/aromatic N) is 1. The van der Waals surface area contributed by atoms with Crippen molar-refractivity contribution >= 4 is 29.7 Å². The zero-order valence-electron chi connectivity index (χ0n) is 9.67. The zero-order chi connectivity index (χ0) is 12.6. The fourth-order valence-electron chi connectivity index (χ4n) is 1.74. The fourth-order valence-corrected chi connectivity index (χ4v) is 2.98. The van der Waals surface area contributed by atoms with Gasteiger partial charge in [-0.2, -0.15) is 0 Å². The second-order valence-electron chi connectivity index (χ2n) is 3.58. The van der Waals surface area contributed by atoms with Crippen molar-refractivity contribution < 1.29 is 53.8 Å². The summed E-state index contributed by atoms with van der Waals surface area (Å²) in [6, 6.07) is 0. The first-order valence-corrected chi connectivity index (χ1v) is 5.85. The van der Waals surface area contributed by atoms with Gasteiger partial charge in [-0.15, -0.1) is 11.8 Å². The monoisotopic (exact) mass is 280 g/mol. The molecular weight excluding hydrogens is 271 g/mol. The maximum absolute atomic E-state index is 11.3. The number of primary amides is 1. The van der Waals surface area contributed by atoms with E-state index in [1.165, 1.54) is 16.7 Å². The molecule has 0 bridgehead atoms. The van der Waals surface area contributed by atoms with Gasteiger partial charge in [0.2, 0.25) is 5.91 Å². The molecule has 2 amide bonds. The van der Waals surface area contributed by atoms with E-state index in [2.05, 4.69) is 4.74 Å². The number of carbonyl (C=O) groups excluding carboxylic acids is 3. The molecule has 0 saturated carbocycles. The van der Waals surface area contributed by atoms with E-state index in [0.717, 1.165) is 0 Å². The first kappa shape index (κ1) is 15.4. The van der Waals surface area contributed by atoms with Crippen LogP contribution in [-0.2, 0) is 14.3 Å². The molecule has 1 saturated heterocycles. The molecule has 9 heteroatoms. The molecule has 0 spiro atoms. The van der Waals surface area contributed by atoms with Gasteiger partial charge in [-0.3, -0.25) is 9.69 Å². The number of rotatable bonds is 3. The number of amides is 2. The minimum absolute atomic E-state index is 0. The van der Waals surface area contributed by atoms with Crippen LogP contribution in [0.15, 0.2) is 11.3 Å². The largest absolute Gasteiger partial charge is 1.00 e. The van der Waals surface area contributed by atoms with Crippen LogP contribution in [-0.4, -0.2) is 40.6 Å². The number of hydrogen-bond donors (Lipinski definition) is 1. The normalized spacial score (nSPS) is 21.7. The smallest absolute Gasteiger partial charge is 0.543 e. The molecule has 2 aliphatic heterocycles. The topological polar surface area (TPSA) is 113 Å². The molecular formula is C9H9N2NaO5S. The van der Waals surface area contributed by atoms with E-state index in [1.807, 2.05) is 0 Å². The predicted octanol–water partition coefficient (Wildman–Crippen LogP) is -4.61. The Morgan fingerprint density at radius 1 is 1.56 bits per heavy atom. The number of carboxylic acids is 1. The van der Waals surface area contributed by atoms with Gasteiger partial charge in [0.25, 0.3) is 0 Å². The molecule has 0 radical (unpaired) electrons. The maximum atomic E-state index is 11.3. The van der Waals surface area contributed by atoms with Crippen LogP contribution in [0.5, 0.6) is 0 Å². The summed E-state index contributed by atoms with van der Waals surface area (Å²) in [4.78, 5) is 34.0. The molecule has 1 fully saturated rings. The van der Waals surface area contributed by atoms with Crippen LogP contribution in [0.1, 0.15) is 6.42 Å². The van der Waals surface area contributed by atoms with Crippen LogP contribution in [0.25, 0.3) is 0 Å². The van der Waals surface area contributed by atoms with Gasteiger partial charge in [0.05, 0.1) is 23.5 Å². The predicted molar refractivity (Wildman–Crippen MR) is 55.3 cm³/mol. The van der Waals surface area contributed by atoms with E-state index in [1.54, 1.807) is 0 Å². The Hall–Kier alpha value is -0.700. The van der Waals surface area contributed by atoms with Crippen molar-refractivity contribution in [3.8, 4) is 0 Å². The molecule has 0 aliphatic carbocycles. The first-order chi connectivity index (χ1) is 8.00. The Labute approximate surface area is 129 Å². The third-order valence-electron chi connectivity index (χ3n) is 2.51. The zero-order valence-corrected chi connectivity index (χ0v) is 12.5. The number of nitrogens with two attached hydrogens (primary N) is 1. The molecule has 2 rings (SSSR count). The standard InChI is InChI=1S/C9H10N2O5S.Na/c10-9(15)16-2-4-3-17-6-1-5(12)11(6)7(4)8(13)14;/h6H,1-3H2,(H2,10,15)(H,13,14);/q;+1/p-1. The van der Waals surface area contributed by atoms with Crippen molar-refractivity contribution in [3.05, 3.63) is 11.3 Å². The Morgan fingerprint density at radius 3 is 2.72 bits per heavy atom. The van der Waals surface area contributed by atoms with Crippen molar-refractivity contribution in [1.82, 2.24) is 4.90 Å². The van der Waals surface area contributed by atoms with Crippen LogP contribution in [0, 0.1) is 0 Å². The van der Waals surface area contributed by atoms with Crippen molar-refractivity contribution in [2.45, 2.75) is 11.8 Å². The van der Waals surface area contributed by atoms with Gasteiger partial charge < -0.3 is 20.4 Å². The Kier molecular flexibility index (Phi) is 5.09. The van der Waals surface area contributed by atoms with Crippen molar-refractivity contribution in [3.63, 3.8) is 0 Å². The van der Waals surface area contributed by atoms with Crippen molar-refractivity contribution in [2.75, 3.05) is 12.4 Å². The van der Waals surface area contributed by atoms with Crippen LogP contribution in [0.4, 0.5) is 4.79 Å². The molecule has 0 aromatic heterocycles. The number of β-lactam (4-membered cyclic amide) rings is 1. The van der Waals surface area contributed by atoms with E-state index in [9.17, 15) is 19.5 Å². The SMILES string of the molecule is NC(=O)OCC1=C(C(=O)[O-])N2C(=O)CC2SC1.[Na+]. The second-order valence-corrected chi connectivity index (χ2v) is 4.75.